The van der Waals surface area contributed by atoms with Gasteiger partial charge >= 0.3 is 5.97 Å². The number of carboxylic acids is 1. The van der Waals surface area contributed by atoms with E-state index in [0.29, 0.717) is 6.54 Å². The molecule has 5 heteroatoms. The van der Waals surface area contributed by atoms with Crippen LogP contribution in [0.15, 0.2) is 0 Å². The first-order chi connectivity index (χ1) is 7.09. The van der Waals surface area contributed by atoms with Gasteiger partial charge in [0, 0.05) is 6.54 Å². The predicted octanol–water partition coefficient (Wildman–Crippen LogP) is 1.36. The molecule has 0 bridgehead atoms. The Morgan fingerprint density at radius 2 is 2.00 bits per heavy atom. The van der Waals surface area contributed by atoms with E-state index in [2.05, 4.69) is 11.6 Å². The fourth-order valence-electron chi connectivity index (χ4n) is 1.03. The van der Waals surface area contributed by atoms with Gasteiger partial charge in [-0.3, -0.25) is 9.59 Å². The van der Waals surface area contributed by atoms with E-state index in [1.165, 1.54) is 6.92 Å². The van der Waals surface area contributed by atoms with Crippen molar-refractivity contribution in [3.8, 4) is 0 Å². The van der Waals surface area contributed by atoms with Crippen LogP contribution in [0.4, 0.5) is 0 Å². The number of carbonyl (C=O) groups excluding carboxylic acids is 1. The maximum absolute atomic E-state index is 11.2. The Balaban J connectivity index is 3.43. The third kappa shape index (κ3) is 7.25. The van der Waals surface area contributed by atoms with Gasteiger partial charge < -0.3 is 10.4 Å². The molecule has 0 fully saturated rings. The van der Waals surface area contributed by atoms with Crippen molar-refractivity contribution < 1.29 is 14.7 Å². The van der Waals surface area contributed by atoms with Crippen LogP contribution in [0.5, 0.6) is 0 Å². The third-order valence-corrected chi connectivity index (χ3v) is 2.79. The number of hydrogen-bond donors (Lipinski definition) is 2. The highest BCUT2D eigenvalue weighted by Crippen LogP contribution is 2.01. The van der Waals surface area contributed by atoms with Crippen LogP contribution in [0.2, 0.25) is 0 Å². The van der Waals surface area contributed by atoms with Crippen LogP contribution in [0, 0.1) is 5.92 Å². The molecule has 4 nitrogen and oxygen atoms in total. The molecule has 0 radical (unpaired) electrons. The zero-order chi connectivity index (χ0) is 11.7. The lowest BCUT2D eigenvalue weighted by Gasteiger charge is -2.07. The van der Waals surface area contributed by atoms with Gasteiger partial charge in [0.25, 0.3) is 0 Å². The lowest BCUT2D eigenvalue weighted by atomic mass is 10.1. The number of carbonyl (C=O) groups is 2. The number of unbranched alkanes of at least 4 members (excludes halogenated alkanes) is 2. The summed E-state index contributed by atoms with van der Waals surface area (Å²) in [5.41, 5.74) is 0. The number of rotatable bonds is 8. The number of aliphatic carboxylic acids is 1. The number of nitrogens with one attached hydrogen (secondary N) is 1. The van der Waals surface area contributed by atoms with Crippen LogP contribution < -0.4 is 5.32 Å². The fraction of sp³-hybridized carbons (Fsp3) is 0.800. The van der Waals surface area contributed by atoms with E-state index < -0.39 is 17.8 Å². The van der Waals surface area contributed by atoms with Crippen molar-refractivity contribution >= 4 is 23.6 Å². The van der Waals surface area contributed by atoms with E-state index >= 15 is 0 Å². The molecule has 0 aliphatic heterocycles. The highest BCUT2D eigenvalue weighted by Gasteiger charge is 2.19. The summed E-state index contributed by atoms with van der Waals surface area (Å²) in [6.07, 6.45) is 5.20. The SMILES string of the molecule is CSCCCCCNC(=O)C(C)C(=O)O. The van der Waals surface area contributed by atoms with E-state index in [1.807, 2.05) is 11.8 Å². The highest BCUT2D eigenvalue weighted by atomic mass is 32.2. The molecule has 0 aliphatic carbocycles. The molecule has 0 aromatic heterocycles. The Kier molecular flexibility index (Phi) is 8.18. The lowest BCUT2D eigenvalue weighted by Crippen LogP contribution is -2.34. The van der Waals surface area contributed by atoms with Gasteiger partial charge in [-0.2, -0.15) is 11.8 Å². The van der Waals surface area contributed by atoms with Gasteiger partial charge in [-0.1, -0.05) is 6.42 Å². The summed E-state index contributed by atoms with van der Waals surface area (Å²) >= 11 is 1.81. The normalized spacial score (nSPS) is 12.1. The molecular formula is C10H19NO3S. The second-order valence-corrected chi connectivity index (χ2v) is 4.39. The van der Waals surface area contributed by atoms with Crippen molar-refractivity contribution in [2.45, 2.75) is 26.2 Å². The topological polar surface area (TPSA) is 66.4 Å². The number of hydrogen-bond acceptors (Lipinski definition) is 3. The second kappa shape index (κ2) is 8.59. The molecule has 0 saturated carbocycles. The Hall–Kier alpha value is -0.710. The van der Waals surface area contributed by atoms with Crippen LogP contribution >= 0.6 is 11.8 Å². The van der Waals surface area contributed by atoms with Gasteiger partial charge in [-0.05, 0) is 31.8 Å². The summed E-state index contributed by atoms with van der Waals surface area (Å²) in [4.78, 5) is 21.6. The summed E-state index contributed by atoms with van der Waals surface area (Å²) < 4.78 is 0. The van der Waals surface area contributed by atoms with Gasteiger partial charge in [0.1, 0.15) is 5.92 Å². The molecule has 1 amide bonds. The molecule has 0 spiro atoms. The molecule has 2 N–H and O–H groups in total. The Labute approximate surface area is 94.8 Å². The van der Waals surface area contributed by atoms with Crippen molar-refractivity contribution in [3.05, 3.63) is 0 Å². The lowest BCUT2D eigenvalue weighted by molar-refractivity contribution is -0.146. The minimum Gasteiger partial charge on any atom is -0.481 e. The molecular weight excluding hydrogens is 214 g/mol. The van der Waals surface area contributed by atoms with E-state index in [4.69, 9.17) is 5.11 Å². The minimum atomic E-state index is -1.07. The molecule has 0 aromatic rings. The summed E-state index contributed by atoms with van der Waals surface area (Å²) in [6, 6.07) is 0. The first kappa shape index (κ1) is 14.3. The molecule has 0 rings (SSSR count). The van der Waals surface area contributed by atoms with Crippen molar-refractivity contribution in [1.29, 1.82) is 0 Å². The highest BCUT2D eigenvalue weighted by molar-refractivity contribution is 7.98. The largest absolute Gasteiger partial charge is 0.481 e. The van der Waals surface area contributed by atoms with Crippen LogP contribution in [0.3, 0.4) is 0 Å². The fourth-order valence-corrected chi connectivity index (χ4v) is 1.52. The van der Waals surface area contributed by atoms with Crippen molar-refractivity contribution in [3.63, 3.8) is 0 Å². The first-order valence-corrected chi connectivity index (χ1v) is 6.48. The molecule has 0 aliphatic rings. The van der Waals surface area contributed by atoms with E-state index in [0.717, 1.165) is 25.0 Å². The van der Waals surface area contributed by atoms with Crippen molar-refractivity contribution in [2.75, 3.05) is 18.6 Å². The van der Waals surface area contributed by atoms with Crippen molar-refractivity contribution in [2.24, 2.45) is 5.92 Å². The average Bonchev–Trinajstić information content (AvgIpc) is 2.21. The third-order valence-electron chi connectivity index (χ3n) is 2.09. The standard InChI is InChI=1S/C10H19NO3S/c1-8(10(13)14)9(12)11-6-4-3-5-7-15-2/h8H,3-7H2,1-2H3,(H,11,12)(H,13,14). The second-order valence-electron chi connectivity index (χ2n) is 3.40. The van der Waals surface area contributed by atoms with Gasteiger partial charge in [-0.15, -0.1) is 0 Å². The molecule has 88 valence electrons. The monoisotopic (exact) mass is 233 g/mol. The maximum atomic E-state index is 11.2. The van der Waals surface area contributed by atoms with E-state index in [9.17, 15) is 9.59 Å². The smallest absolute Gasteiger partial charge is 0.315 e. The summed E-state index contributed by atoms with van der Waals surface area (Å²) in [7, 11) is 0. The Morgan fingerprint density at radius 1 is 1.33 bits per heavy atom. The van der Waals surface area contributed by atoms with Crippen LogP contribution in [-0.4, -0.2) is 35.5 Å². The van der Waals surface area contributed by atoms with Crippen LogP contribution in [-0.2, 0) is 9.59 Å². The van der Waals surface area contributed by atoms with Gasteiger partial charge in [0.2, 0.25) is 5.91 Å². The molecule has 0 aromatic carbocycles. The van der Waals surface area contributed by atoms with Gasteiger partial charge in [-0.25, -0.2) is 0 Å². The summed E-state index contributed by atoms with van der Waals surface area (Å²) in [5.74, 6) is -1.28. The van der Waals surface area contributed by atoms with Gasteiger partial charge in [0.05, 0.1) is 0 Å². The quantitative estimate of drug-likeness (QED) is 0.490. The number of thioether (sulfide) groups is 1. The maximum Gasteiger partial charge on any atom is 0.315 e. The number of amides is 1. The summed E-state index contributed by atoms with van der Waals surface area (Å²) in [6.45, 7) is 1.97. The van der Waals surface area contributed by atoms with Crippen LogP contribution in [0.25, 0.3) is 0 Å². The number of carboxylic acid groups (broad SMARTS) is 1. The van der Waals surface area contributed by atoms with E-state index in [-0.39, 0.29) is 0 Å². The van der Waals surface area contributed by atoms with Crippen LogP contribution in [0.1, 0.15) is 26.2 Å². The molecule has 0 saturated heterocycles. The average molecular weight is 233 g/mol. The van der Waals surface area contributed by atoms with Gasteiger partial charge in [0.15, 0.2) is 0 Å². The van der Waals surface area contributed by atoms with Crippen molar-refractivity contribution in [1.82, 2.24) is 5.32 Å². The molecule has 1 atom stereocenters. The molecule has 15 heavy (non-hydrogen) atoms. The predicted molar refractivity (Wildman–Crippen MR) is 62.0 cm³/mol. The summed E-state index contributed by atoms with van der Waals surface area (Å²) in [5, 5.41) is 11.2. The minimum absolute atomic E-state index is 0.396. The van der Waals surface area contributed by atoms with E-state index in [1.54, 1.807) is 0 Å². The molecule has 0 heterocycles. The zero-order valence-corrected chi connectivity index (χ0v) is 10.1. The Bertz CT molecular complexity index is 209. The first-order valence-electron chi connectivity index (χ1n) is 5.09. The Morgan fingerprint density at radius 3 is 2.53 bits per heavy atom. The zero-order valence-electron chi connectivity index (χ0n) is 9.28. The molecule has 1 unspecified atom stereocenters.